The highest BCUT2D eigenvalue weighted by Gasteiger charge is 2.32. The second kappa shape index (κ2) is 7.60. The second-order valence-electron chi connectivity index (χ2n) is 7.31. The molecule has 0 N–H and O–H groups in total. The van der Waals surface area contributed by atoms with Crippen LogP contribution in [0.4, 0.5) is 13.2 Å². The minimum Gasteiger partial charge on any atom is -0.406 e. The molecule has 0 fully saturated rings. The predicted octanol–water partition coefficient (Wildman–Crippen LogP) is 4.62. The zero-order valence-corrected chi connectivity index (χ0v) is 16.5. The van der Waals surface area contributed by atoms with Crippen molar-refractivity contribution in [2.45, 2.75) is 19.3 Å². The van der Waals surface area contributed by atoms with Crippen LogP contribution in [0.3, 0.4) is 0 Å². The topological polar surface area (TPSA) is 69.9 Å². The van der Waals surface area contributed by atoms with Gasteiger partial charge in [-0.3, -0.25) is 9.78 Å². The van der Waals surface area contributed by atoms with Crippen LogP contribution in [0.15, 0.2) is 72.6 Å². The quantitative estimate of drug-likeness (QED) is 0.467. The molecule has 1 aliphatic rings. The van der Waals surface area contributed by atoms with Crippen molar-refractivity contribution in [2.75, 3.05) is 0 Å². The highest BCUT2D eigenvalue weighted by Crippen LogP contribution is 2.32. The van der Waals surface area contributed by atoms with Gasteiger partial charge in [-0.2, -0.15) is 0 Å². The van der Waals surface area contributed by atoms with Crippen LogP contribution in [-0.2, 0) is 13.0 Å². The number of rotatable bonds is 4. The number of ketones is 1. The van der Waals surface area contributed by atoms with E-state index in [1.54, 1.807) is 4.57 Å². The lowest BCUT2D eigenvalue weighted by Crippen LogP contribution is -2.22. The average molecular weight is 436 g/mol. The van der Waals surface area contributed by atoms with Crippen molar-refractivity contribution in [2.24, 2.45) is 0 Å². The molecule has 3 heterocycles. The molecule has 9 heteroatoms. The lowest BCUT2D eigenvalue weighted by Gasteiger charge is -2.21. The Hall–Kier alpha value is -4.01. The molecule has 0 radical (unpaired) electrons. The molecule has 2 aromatic heterocycles. The number of hydrogen-bond acceptors (Lipinski definition) is 5. The summed E-state index contributed by atoms with van der Waals surface area (Å²) in [4.78, 5) is 17.9. The first-order valence-corrected chi connectivity index (χ1v) is 9.73. The molecule has 0 saturated carbocycles. The number of halogens is 3. The summed E-state index contributed by atoms with van der Waals surface area (Å²) in [6, 6.07) is 16.9. The van der Waals surface area contributed by atoms with Gasteiger partial charge in [-0.15, -0.1) is 23.4 Å². The van der Waals surface area contributed by atoms with Gasteiger partial charge < -0.3 is 9.30 Å². The van der Waals surface area contributed by atoms with Gasteiger partial charge in [0.05, 0.1) is 12.1 Å². The number of alkyl halides is 3. The van der Waals surface area contributed by atoms with Crippen molar-refractivity contribution in [1.29, 1.82) is 0 Å². The number of Topliss-reactive ketones (excluding diaryl/α,β-unsaturated/α-hetero) is 1. The third-order valence-corrected chi connectivity index (χ3v) is 5.24. The van der Waals surface area contributed by atoms with Gasteiger partial charge in [-0.25, -0.2) is 0 Å². The number of pyridine rings is 1. The maximum Gasteiger partial charge on any atom is 0.573 e. The van der Waals surface area contributed by atoms with Crippen LogP contribution < -0.4 is 4.74 Å². The van der Waals surface area contributed by atoms with E-state index in [4.69, 9.17) is 0 Å². The number of benzene rings is 2. The van der Waals surface area contributed by atoms with Crippen molar-refractivity contribution in [3.8, 4) is 5.75 Å². The number of para-hydroxylation sites is 1. The van der Waals surface area contributed by atoms with E-state index in [9.17, 15) is 18.0 Å². The number of fused-ring (bicyclic) bond motifs is 2. The summed E-state index contributed by atoms with van der Waals surface area (Å²) in [5.41, 5.74) is 3.29. The Morgan fingerprint density at radius 1 is 1.00 bits per heavy atom. The summed E-state index contributed by atoms with van der Waals surface area (Å²) in [6.45, 7) is 0.316. The summed E-state index contributed by atoms with van der Waals surface area (Å²) < 4.78 is 43.1. The van der Waals surface area contributed by atoms with Gasteiger partial charge in [0.2, 0.25) is 11.6 Å². The van der Waals surface area contributed by atoms with E-state index in [-0.39, 0.29) is 23.8 Å². The Bertz CT molecular complexity index is 1360. The monoisotopic (exact) mass is 436 g/mol. The van der Waals surface area contributed by atoms with E-state index in [0.29, 0.717) is 28.9 Å². The predicted molar refractivity (Wildman–Crippen MR) is 110 cm³/mol. The standard InChI is InChI=1S/C23H15F3N4O2/c24-23(25,26)32-17-9-6-14(7-10-17)19-12-30-13-27-29-22(30)21(31)18(19)11-16-8-5-15-3-1-2-4-20(15)28-16/h1-10,13H,11-12H2. The van der Waals surface area contributed by atoms with Crippen LogP contribution in [0.25, 0.3) is 16.5 Å². The summed E-state index contributed by atoms with van der Waals surface area (Å²) >= 11 is 0. The van der Waals surface area contributed by atoms with Gasteiger partial charge >= 0.3 is 6.36 Å². The summed E-state index contributed by atoms with van der Waals surface area (Å²) in [6.07, 6.45) is -3.06. The third-order valence-electron chi connectivity index (χ3n) is 5.24. The third kappa shape index (κ3) is 3.84. The molecule has 6 nitrogen and oxygen atoms in total. The van der Waals surface area contributed by atoms with E-state index >= 15 is 0 Å². The summed E-state index contributed by atoms with van der Waals surface area (Å²) in [7, 11) is 0. The molecule has 0 saturated heterocycles. The SMILES string of the molecule is O=C1C(Cc2ccc3ccccc3n2)=C(c2ccc(OC(F)(F)F)cc2)Cn2cnnc21. The fourth-order valence-electron chi connectivity index (χ4n) is 3.78. The minimum atomic E-state index is -4.77. The van der Waals surface area contributed by atoms with Gasteiger partial charge in [0.1, 0.15) is 12.1 Å². The van der Waals surface area contributed by atoms with Crippen molar-refractivity contribution in [1.82, 2.24) is 19.7 Å². The first kappa shape index (κ1) is 19.9. The molecule has 160 valence electrons. The molecule has 5 rings (SSSR count). The molecular formula is C23H15F3N4O2. The number of carbonyl (C=O) groups excluding carboxylic acids is 1. The molecule has 0 bridgehead atoms. The Labute approximate surface area is 180 Å². The fourth-order valence-corrected chi connectivity index (χ4v) is 3.78. The first-order valence-electron chi connectivity index (χ1n) is 9.73. The van der Waals surface area contributed by atoms with Crippen molar-refractivity contribution in [3.05, 3.63) is 89.6 Å². The molecule has 0 unspecified atom stereocenters. The van der Waals surface area contributed by atoms with Crippen LogP contribution >= 0.6 is 0 Å². The van der Waals surface area contributed by atoms with Crippen molar-refractivity contribution in [3.63, 3.8) is 0 Å². The van der Waals surface area contributed by atoms with Gasteiger partial charge in [-0.1, -0.05) is 36.4 Å². The zero-order valence-electron chi connectivity index (χ0n) is 16.5. The van der Waals surface area contributed by atoms with Crippen LogP contribution in [-0.4, -0.2) is 31.9 Å². The Kier molecular flexibility index (Phi) is 4.73. The van der Waals surface area contributed by atoms with E-state index in [0.717, 1.165) is 10.9 Å². The summed E-state index contributed by atoms with van der Waals surface area (Å²) in [5, 5.41) is 8.74. The van der Waals surface area contributed by atoms with Crippen LogP contribution in [0.2, 0.25) is 0 Å². The van der Waals surface area contributed by atoms with Gasteiger partial charge in [0, 0.05) is 23.1 Å². The molecular weight excluding hydrogens is 421 g/mol. The molecule has 1 aliphatic heterocycles. The lowest BCUT2D eigenvalue weighted by molar-refractivity contribution is -0.274. The Balaban J connectivity index is 1.55. The molecule has 4 aromatic rings. The largest absolute Gasteiger partial charge is 0.573 e. The van der Waals surface area contributed by atoms with E-state index < -0.39 is 6.36 Å². The summed E-state index contributed by atoms with van der Waals surface area (Å²) in [5.74, 6) is -0.386. The first-order chi connectivity index (χ1) is 15.4. The number of hydrogen-bond donors (Lipinski definition) is 0. The smallest absolute Gasteiger partial charge is 0.406 e. The van der Waals surface area contributed by atoms with Crippen molar-refractivity contribution >= 4 is 22.3 Å². The van der Waals surface area contributed by atoms with Gasteiger partial charge in [-0.05, 0) is 35.4 Å². The minimum absolute atomic E-state index is 0.224. The number of nitrogens with zero attached hydrogens (tertiary/aromatic N) is 4. The molecule has 2 aromatic carbocycles. The Morgan fingerprint density at radius 3 is 2.56 bits per heavy atom. The fraction of sp³-hybridized carbons (Fsp3) is 0.130. The normalized spacial score (nSPS) is 14.0. The van der Waals surface area contributed by atoms with Gasteiger partial charge in [0.25, 0.3) is 0 Å². The molecule has 32 heavy (non-hydrogen) atoms. The highest BCUT2D eigenvalue weighted by molar-refractivity contribution is 6.12. The number of aromatic nitrogens is 4. The maximum absolute atomic E-state index is 13.2. The van der Waals surface area contributed by atoms with Crippen LogP contribution in [0, 0.1) is 0 Å². The Morgan fingerprint density at radius 2 is 1.78 bits per heavy atom. The lowest BCUT2D eigenvalue weighted by atomic mass is 9.90. The van der Waals surface area contributed by atoms with Crippen LogP contribution in [0.5, 0.6) is 5.75 Å². The molecule has 0 aliphatic carbocycles. The van der Waals surface area contributed by atoms with E-state index in [2.05, 4.69) is 19.9 Å². The number of ether oxygens (including phenoxy) is 1. The molecule has 0 atom stereocenters. The highest BCUT2D eigenvalue weighted by atomic mass is 19.4. The van der Waals surface area contributed by atoms with Gasteiger partial charge in [0.15, 0.2) is 0 Å². The zero-order chi connectivity index (χ0) is 22.3. The second-order valence-corrected chi connectivity index (χ2v) is 7.31. The number of allylic oxidation sites excluding steroid dienone is 2. The van der Waals surface area contributed by atoms with E-state index in [1.807, 2.05) is 36.4 Å². The average Bonchev–Trinajstić information content (AvgIpc) is 3.24. The molecule has 0 spiro atoms. The maximum atomic E-state index is 13.2. The van der Waals surface area contributed by atoms with Crippen molar-refractivity contribution < 1.29 is 22.7 Å². The van der Waals surface area contributed by atoms with E-state index in [1.165, 1.54) is 30.6 Å². The van der Waals surface area contributed by atoms with Crippen LogP contribution in [0.1, 0.15) is 21.9 Å². The number of carbonyl (C=O) groups is 1. The molecule has 0 amide bonds.